The summed E-state index contributed by atoms with van der Waals surface area (Å²) in [6.45, 7) is 26.8. The van der Waals surface area contributed by atoms with Crippen LogP contribution in [0.3, 0.4) is 0 Å². The molecule has 0 aromatic heterocycles. The second-order valence-corrected chi connectivity index (χ2v) is 35.8. The van der Waals surface area contributed by atoms with E-state index in [-0.39, 0.29) is 12.6 Å². The molecule has 10 aromatic rings. The molecule has 0 amide bonds. The Morgan fingerprint density at radius 1 is 0.212 bits per heavy atom. The topological polar surface area (TPSA) is 148 Å². The van der Waals surface area contributed by atoms with Crippen molar-refractivity contribution in [3.05, 3.63) is 280 Å². The first-order valence-corrected chi connectivity index (χ1v) is 51.4. The molecule has 4 heterocycles. The lowest BCUT2D eigenvalue weighted by Crippen LogP contribution is -2.25. The second kappa shape index (κ2) is 56.4. The molecule has 0 radical (unpaired) electrons. The van der Waals surface area contributed by atoms with E-state index in [1.54, 1.807) is 0 Å². The summed E-state index contributed by atoms with van der Waals surface area (Å²) in [5.74, 6) is 80.0. The van der Waals surface area contributed by atoms with E-state index in [1.807, 2.05) is 172 Å². The van der Waals surface area contributed by atoms with Gasteiger partial charge in [0, 0.05) is 141 Å². The molecular formula is C130H126O16. The van der Waals surface area contributed by atoms with Crippen LogP contribution in [-0.4, -0.2) is 104 Å². The van der Waals surface area contributed by atoms with Crippen LogP contribution < -0.4 is 56.8 Å². The van der Waals surface area contributed by atoms with Gasteiger partial charge in [0.15, 0.2) is 25.2 Å². The Hall–Kier alpha value is -15.6. The predicted octanol–water partition coefficient (Wildman–Crippen LogP) is 24.8. The number of benzene rings is 10. The fourth-order valence-corrected chi connectivity index (χ4v) is 15.9. The maximum absolute atomic E-state index is 6.55. The van der Waals surface area contributed by atoms with Crippen LogP contribution in [0.25, 0.3) is 0 Å². The van der Waals surface area contributed by atoms with Crippen LogP contribution >= 0.6 is 0 Å². The third-order valence-electron chi connectivity index (χ3n) is 23.0. The summed E-state index contributed by atoms with van der Waals surface area (Å²) >= 11 is 0. The lowest BCUT2D eigenvalue weighted by atomic mass is 10.0. The van der Waals surface area contributed by atoms with E-state index >= 15 is 0 Å². The van der Waals surface area contributed by atoms with Crippen LogP contribution in [0.2, 0.25) is 0 Å². The third-order valence-corrected chi connectivity index (χ3v) is 23.0. The summed E-state index contributed by atoms with van der Waals surface area (Å²) < 4.78 is 101. The van der Waals surface area contributed by atoms with E-state index in [0.717, 1.165) is 162 Å². The largest absolute Gasteiger partial charge is 0.492 e. The summed E-state index contributed by atoms with van der Waals surface area (Å²) in [6, 6.07) is 50.1. The SMILES string of the molecule is C#Cc1cc(C#Cc2cc(OCCC)c(C#Cc3cc(C)cc(C#Cc4cc(OCCC)c(C#Cc5cc(C#CC#Cc6cc(C#Cc7cc(OCCC)c(C#Cc8cc(C)cc(C#Cc9cc(OCCC)c(C#Cc%10cc(C#C)cc(OC%11CCCCO%11)c%10)cc9OCCC)c8)cc7OCCC)cc(OC7CCCCO7)c6)cc(OC6CCCCO6)c5)cc4OCCC)c3)cc2OCCC)cc(OC2CCCCO2)c1. The molecule has 10 aromatic carbocycles. The average Bonchev–Trinajstić information content (AvgIpc) is 0.788. The molecule has 4 unspecified atom stereocenters. The van der Waals surface area contributed by atoms with Crippen molar-refractivity contribution in [3.8, 4) is 212 Å². The molecule has 4 atom stereocenters. The van der Waals surface area contributed by atoms with E-state index in [0.29, 0.717) is 237 Å². The fraction of sp³-hybridized carbons (Fsp3) is 0.354. The number of hydrogen-bond donors (Lipinski definition) is 0. The zero-order valence-electron chi connectivity index (χ0n) is 85.6. The van der Waals surface area contributed by atoms with Gasteiger partial charge in [-0.05, 0) is 249 Å². The van der Waals surface area contributed by atoms with Gasteiger partial charge in [-0.3, -0.25) is 0 Å². The Balaban J connectivity index is 0.731. The molecule has 14 rings (SSSR count). The van der Waals surface area contributed by atoms with Crippen molar-refractivity contribution < 1.29 is 75.8 Å². The lowest BCUT2D eigenvalue weighted by Gasteiger charge is -2.23. The van der Waals surface area contributed by atoms with Crippen LogP contribution in [0, 0.1) is 157 Å². The Labute approximate surface area is 864 Å². The van der Waals surface area contributed by atoms with Crippen molar-refractivity contribution in [2.24, 2.45) is 0 Å². The van der Waals surface area contributed by atoms with Gasteiger partial charge in [-0.2, -0.15) is 0 Å². The monoisotopic (exact) mass is 1940 g/mol. The van der Waals surface area contributed by atoms with Gasteiger partial charge < -0.3 is 75.8 Å². The molecule has 0 saturated carbocycles. The van der Waals surface area contributed by atoms with Crippen LogP contribution in [0.15, 0.2) is 158 Å². The van der Waals surface area contributed by atoms with Crippen LogP contribution in [0.5, 0.6) is 69.0 Å². The Kier molecular flexibility index (Phi) is 41.0. The van der Waals surface area contributed by atoms with Gasteiger partial charge in [-0.15, -0.1) is 12.8 Å². The van der Waals surface area contributed by atoms with Gasteiger partial charge in [0.2, 0.25) is 0 Å². The van der Waals surface area contributed by atoms with Crippen LogP contribution in [-0.2, 0) is 18.9 Å². The van der Waals surface area contributed by atoms with Crippen molar-refractivity contribution in [2.75, 3.05) is 79.3 Å². The highest BCUT2D eigenvalue weighted by molar-refractivity contribution is 5.68. The Morgan fingerprint density at radius 2 is 0.384 bits per heavy atom. The average molecular weight is 1940 g/mol. The van der Waals surface area contributed by atoms with E-state index in [4.69, 9.17) is 88.6 Å². The summed E-state index contributed by atoms with van der Waals surface area (Å²) in [5, 5.41) is 0. The van der Waals surface area contributed by atoms with E-state index in [9.17, 15) is 0 Å². The molecule has 16 heteroatoms. The number of rotatable bonds is 32. The summed E-state index contributed by atoms with van der Waals surface area (Å²) in [6.07, 6.45) is 27.6. The summed E-state index contributed by atoms with van der Waals surface area (Å²) in [7, 11) is 0. The fourth-order valence-electron chi connectivity index (χ4n) is 15.9. The first kappa shape index (κ1) is 106. The number of aryl methyl sites for hydroxylation is 2. The highest BCUT2D eigenvalue weighted by atomic mass is 16.7. The van der Waals surface area contributed by atoms with Gasteiger partial charge >= 0.3 is 0 Å². The predicted molar refractivity (Wildman–Crippen MR) is 575 cm³/mol. The van der Waals surface area contributed by atoms with Crippen molar-refractivity contribution in [3.63, 3.8) is 0 Å². The third kappa shape index (κ3) is 33.0. The molecular weight excluding hydrogens is 1820 g/mol. The molecule has 4 aliphatic rings. The van der Waals surface area contributed by atoms with Gasteiger partial charge in [-0.1, -0.05) is 174 Å². The molecule has 0 spiro atoms. The zero-order chi connectivity index (χ0) is 102. The zero-order valence-corrected chi connectivity index (χ0v) is 85.6. The van der Waals surface area contributed by atoms with Gasteiger partial charge in [0.25, 0.3) is 0 Å². The molecule has 4 fully saturated rings. The second-order valence-electron chi connectivity index (χ2n) is 35.8. The molecule has 0 aliphatic carbocycles. The highest BCUT2D eigenvalue weighted by Gasteiger charge is 2.24. The first-order valence-electron chi connectivity index (χ1n) is 51.4. The molecule has 0 N–H and O–H groups in total. The Bertz CT molecular complexity index is 6630. The normalized spacial score (nSPS) is 14.7. The first-order chi connectivity index (χ1) is 71.6. The Morgan fingerprint density at radius 3 is 0.555 bits per heavy atom. The summed E-state index contributed by atoms with van der Waals surface area (Å²) in [5.41, 5.74) is 15.4. The van der Waals surface area contributed by atoms with Crippen molar-refractivity contribution >= 4 is 0 Å². The number of hydrogen-bond acceptors (Lipinski definition) is 16. The number of terminal acetylenes is 2. The van der Waals surface area contributed by atoms with Crippen molar-refractivity contribution in [2.45, 2.75) is 223 Å². The van der Waals surface area contributed by atoms with E-state index < -0.39 is 12.6 Å². The quantitative estimate of drug-likeness (QED) is 0.0368. The van der Waals surface area contributed by atoms with Crippen LogP contribution in [0.4, 0.5) is 0 Å². The van der Waals surface area contributed by atoms with E-state index in [1.165, 1.54) is 0 Å². The highest BCUT2D eigenvalue weighted by Crippen LogP contribution is 2.37. The molecule has 4 aliphatic heterocycles. The minimum absolute atomic E-state index is 0.332. The standard InChI is InChI=1S/C130H126O16/c1-13-55-131-119-89-111(51-43-103-71-95(21-9)77-115(81-103)143-127-35-25-29-63-139-127)123(135-59-17-5)85-107(119)47-39-99-67-93(11)69-101(75-99)41-49-109-87-125(137-61-19-7)113(91-121(109)133-57-15-3)53-45-105-73-97(79-117(83-105)145-129-37-27-31-65-141-129)33-23-24-34-98-74-106(84-118(80-98)146-130-38-28-32-66-142-130)46-54-114-92-122(134-58-16-4)110(88-126(114)138-62-20-8)50-42-102-70-94(12)68-100(76-102)40-48-108-86-124(136-60-18-6)112(90-120(108)132-56-14-2)52-44-104-72-96(22-10)78-116(82-104)144-128-36-26-30-64-140-128/h9-10,67-92,127-130H,13-20,25-32,35-38,55-66H2,1-8,11-12H3. The number of ether oxygens (including phenoxy) is 16. The minimum atomic E-state index is -0.437. The minimum Gasteiger partial charge on any atom is -0.492 e. The molecule has 0 bridgehead atoms. The molecule has 146 heavy (non-hydrogen) atoms. The smallest absolute Gasteiger partial charge is 0.199 e. The lowest BCUT2D eigenvalue weighted by molar-refractivity contribution is -0.106. The molecule has 16 nitrogen and oxygen atoms in total. The van der Waals surface area contributed by atoms with E-state index in [2.05, 4.69) is 186 Å². The van der Waals surface area contributed by atoms with Gasteiger partial charge in [0.1, 0.15) is 69.0 Å². The van der Waals surface area contributed by atoms with Gasteiger partial charge in [0.05, 0.1) is 124 Å². The van der Waals surface area contributed by atoms with Crippen molar-refractivity contribution in [1.82, 2.24) is 0 Å². The molecule has 742 valence electrons. The van der Waals surface area contributed by atoms with Crippen LogP contribution in [0.1, 0.15) is 306 Å². The summed E-state index contributed by atoms with van der Waals surface area (Å²) in [4.78, 5) is 0. The molecule has 4 saturated heterocycles. The van der Waals surface area contributed by atoms with Crippen molar-refractivity contribution in [1.29, 1.82) is 0 Å². The maximum Gasteiger partial charge on any atom is 0.199 e. The van der Waals surface area contributed by atoms with Gasteiger partial charge in [-0.25, -0.2) is 0 Å². The maximum atomic E-state index is 6.55.